The zero-order valence-corrected chi connectivity index (χ0v) is 18.3. The highest BCUT2D eigenvalue weighted by molar-refractivity contribution is 5.92. The van der Waals surface area contributed by atoms with Gasteiger partial charge < -0.3 is 9.64 Å². The van der Waals surface area contributed by atoms with Gasteiger partial charge in [-0.3, -0.25) is 20.0 Å². The Kier molecular flexibility index (Phi) is 6.35. The third kappa shape index (κ3) is 4.55. The largest absolute Gasteiger partial charge is 0.476 e. The Morgan fingerprint density at radius 2 is 1.97 bits per heavy atom. The van der Waals surface area contributed by atoms with Gasteiger partial charge in [0.2, 0.25) is 0 Å². The number of carbonyl (C=O) groups excluding carboxylic acids is 1. The maximum Gasteiger partial charge on any atom is 0.279 e. The number of pyridine rings is 1. The van der Waals surface area contributed by atoms with Crippen molar-refractivity contribution >= 4 is 22.5 Å². The molecule has 0 unspecified atom stereocenters. The van der Waals surface area contributed by atoms with Crippen molar-refractivity contribution in [3.8, 4) is 5.75 Å². The number of hydrogen-bond donors (Lipinski definition) is 0. The number of benzene rings is 2. The number of fused-ring (bicyclic) bond motifs is 1. The number of non-ortho nitro benzene ring substituents is 1. The van der Waals surface area contributed by atoms with Crippen LogP contribution < -0.4 is 4.74 Å². The van der Waals surface area contributed by atoms with Crippen molar-refractivity contribution in [3.05, 3.63) is 81.9 Å². The number of aromatic nitrogens is 1. The van der Waals surface area contributed by atoms with Crippen LogP contribution in [-0.2, 0) is 11.3 Å². The molecule has 2 aromatic carbocycles. The highest BCUT2D eigenvalue weighted by atomic mass is 19.1. The molecule has 170 valence electrons. The Morgan fingerprint density at radius 1 is 1.21 bits per heavy atom. The Bertz CT molecular complexity index is 1230. The van der Waals surface area contributed by atoms with Gasteiger partial charge >= 0.3 is 0 Å². The maximum atomic E-state index is 13.2. The molecule has 0 bridgehead atoms. The normalized spacial score (nSPS) is 18.9. The molecule has 0 N–H and O–H groups in total. The molecule has 3 aromatic rings. The molecular formula is C24H23FN4O4. The fraction of sp³-hybridized carbons (Fsp3) is 0.292. The van der Waals surface area contributed by atoms with E-state index < -0.39 is 4.92 Å². The summed E-state index contributed by atoms with van der Waals surface area (Å²) < 4.78 is 19.3. The monoisotopic (exact) mass is 450 g/mol. The molecule has 1 saturated heterocycles. The van der Waals surface area contributed by atoms with E-state index in [0.717, 1.165) is 5.56 Å². The number of nitro benzene ring substituents is 1. The number of halogens is 1. The lowest BCUT2D eigenvalue weighted by Gasteiger charge is -2.45. The Balaban J connectivity index is 1.51. The van der Waals surface area contributed by atoms with Gasteiger partial charge in [-0.2, -0.15) is 0 Å². The topological polar surface area (TPSA) is 88.8 Å². The molecule has 9 heteroatoms. The van der Waals surface area contributed by atoms with Gasteiger partial charge in [0.15, 0.2) is 0 Å². The van der Waals surface area contributed by atoms with E-state index >= 15 is 0 Å². The Hall–Kier alpha value is -3.81. The molecule has 2 atom stereocenters. The van der Waals surface area contributed by atoms with E-state index in [1.54, 1.807) is 36.5 Å². The van der Waals surface area contributed by atoms with Crippen LogP contribution in [0.3, 0.4) is 0 Å². The molecule has 1 fully saturated rings. The van der Waals surface area contributed by atoms with Crippen molar-refractivity contribution in [2.75, 3.05) is 13.3 Å². The SMILES string of the molecule is C[C@@H]1C(=C=O)N(Cc2ccc(F)cc2)[C@@H](C)CN1COc1ccc([N+](=O)[O-])c2cccnc12. The number of hydrogen-bond acceptors (Lipinski definition) is 7. The first kappa shape index (κ1) is 22.4. The first-order chi connectivity index (χ1) is 15.9. The standard InChI is InChI=1S/C24H23FN4O4/c1-16-12-27(17(2)22(14-30)28(16)13-18-5-7-19(25)8-6-18)15-33-23-10-9-21(29(31)32)20-4-3-11-26-24(20)23/h3-11,16-17H,12-13,15H2,1-2H3/t16-,17+/m0/s1. The fourth-order valence-corrected chi connectivity index (χ4v) is 4.14. The van der Waals surface area contributed by atoms with Crippen molar-refractivity contribution in [2.45, 2.75) is 32.5 Å². The predicted octanol–water partition coefficient (Wildman–Crippen LogP) is 3.93. The molecule has 1 aromatic heterocycles. The molecule has 33 heavy (non-hydrogen) atoms. The van der Waals surface area contributed by atoms with Crippen molar-refractivity contribution in [1.29, 1.82) is 0 Å². The van der Waals surface area contributed by atoms with Crippen LogP contribution in [0.1, 0.15) is 19.4 Å². The van der Waals surface area contributed by atoms with Crippen molar-refractivity contribution in [2.24, 2.45) is 0 Å². The van der Waals surface area contributed by atoms with Gasteiger partial charge in [-0.1, -0.05) is 12.1 Å². The molecule has 8 nitrogen and oxygen atoms in total. The second kappa shape index (κ2) is 9.36. The zero-order valence-electron chi connectivity index (χ0n) is 18.3. The minimum absolute atomic E-state index is 0.0157. The lowest BCUT2D eigenvalue weighted by Crippen LogP contribution is -2.55. The lowest BCUT2D eigenvalue weighted by atomic mass is 10.0. The third-order valence-corrected chi connectivity index (χ3v) is 5.95. The first-order valence-electron chi connectivity index (χ1n) is 10.5. The van der Waals surface area contributed by atoms with E-state index in [4.69, 9.17) is 4.74 Å². The number of rotatable bonds is 6. The van der Waals surface area contributed by atoms with Crippen LogP contribution in [0.25, 0.3) is 10.9 Å². The summed E-state index contributed by atoms with van der Waals surface area (Å²) in [6.45, 7) is 5.17. The summed E-state index contributed by atoms with van der Waals surface area (Å²) in [7, 11) is 0. The van der Waals surface area contributed by atoms with Crippen LogP contribution in [0.5, 0.6) is 5.75 Å². The summed E-state index contributed by atoms with van der Waals surface area (Å²) in [5.74, 6) is 2.21. The molecule has 0 saturated carbocycles. The average Bonchev–Trinajstić information content (AvgIpc) is 2.81. The summed E-state index contributed by atoms with van der Waals surface area (Å²) >= 11 is 0. The van der Waals surface area contributed by atoms with Gasteiger partial charge in [-0.15, -0.1) is 0 Å². The van der Waals surface area contributed by atoms with Crippen molar-refractivity contribution < 1.29 is 18.8 Å². The van der Waals surface area contributed by atoms with Gasteiger partial charge in [-0.25, -0.2) is 9.18 Å². The molecule has 4 rings (SSSR count). The van der Waals surface area contributed by atoms with E-state index in [1.807, 2.05) is 23.6 Å². The minimum atomic E-state index is -0.445. The number of piperazine rings is 1. The van der Waals surface area contributed by atoms with Crippen LogP contribution in [0.15, 0.2) is 60.4 Å². The van der Waals surface area contributed by atoms with Crippen molar-refractivity contribution in [1.82, 2.24) is 14.8 Å². The average molecular weight is 450 g/mol. The van der Waals surface area contributed by atoms with Crippen LogP contribution in [-0.4, -0.2) is 51.0 Å². The van der Waals surface area contributed by atoms with Gasteiger partial charge in [0.1, 0.15) is 35.5 Å². The second-order valence-electron chi connectivity index (χ2n) is 8.05. The molecular weight excluding hydrogens is 427 g/mol. The fourth-order valence-electron chi connectivity index (χ4n) is 4.14. The summed E-state index contributed by atoms with van der Waals surface area (Å²) in [6.07, 6.45) is 1.56. The summed E-state index contributed by atoms with van der Waals surface area (Å²) in [6, 6.07) is 12.2. The van der Waals surface area contributed by atoms with E-state index in [-0.39, 0.29) is 30.3 Å². The van der Waals surface area contributed by atoms with Crippen LogP contribution in [0.4, 0.5) is 10.1 Å². The van der Waals surface area contributed by atoms with Crippen LogP contribution in [0, 0.1) is 15.9 Å². The van der Waals surface area contributed by atoms with Gasteiger partial charge in [0, 0.05) is 31.4 Å². The Labute approximate surface area is 190 Å². The number of nitrogens with zero attached hydrogens (tertiary/aromatic N) is 4. The van der Waals surface area contributed by atoms with E-state index in [1.165, 1.54) is 18.2 Å². The molecule has 0 spiro atoms. The van der Waals surface area contributed by atoms with Crippen LogP contribution >= 0.6 is 0 Å². The zero-order chi connectivity index (χ0) is 23.5. The van der Waals surface area contributed by atoms with E-state index in [2.05, 4.69) is 10.9 Å². The molecule has 1 aliphatic rings. The highest BCUT2D eigenvalue weighted by Gasteiger charge is 2.34. The number of nitro groups is 1. The highest BCUT2D eigenvalue weighted by Crippen LogP contribution is 2.32. The van der Waals surface area contributed by atoms with E-state index in [9.17, 15) is 19.3 Å². The van der Waals surface area contributed by atoms with E-state index in [0.29, 0.717) is 35.4 Å². The number of ether oxygens (including phenoxy) is 1. The lowest BCUT2D eigenvalue weighted by molar-refractivity contribution is -0.383. The Morgan fingerprint density at radius 3 is 2.67 bits per heavy atom. The second-order valence-corrected chi connectivity index (χ2v) is 8.05. The molecule has 1 aliphatic heterocycles. The van der Waals surface area contributed by atoms with Crippen molar-refractivity contribution in [3.63, 3.8) is 0 Å². The predicted molar refractivity (Wildman–Crippen MR) is 121 cm³/mol. The van der Waals surface area contributed by atoms with Crippen LogP contribution in [0.2, 0.25) is 0 Å². The molecule has 0 aliphatic carbocycles. The van der Waals surface area contributed by atoms with Gasteiger partial charge in [-0.05, 0) is 49.7 Å². The minimum Gasteiger partial charge on any atom is -0.476 e. The van der Waals surface area contributed by atoms with Gasteiger partial charge in [0.25, 0.3) is 5.69 Å². The summed E-state index contributed by atoms with van der Waals surface area (Å²) in [5.41, 5.74) is 1.77. The smallest absolute Gasteiger partial charge is 0.279 e. The summed E-state index contributed by atoms with van der Waals surface area (Å²) in [4.78, 5) is 31.0. The quantitative estimate of drug-likeness (QED) is 0.319. The van der Waals surface area contributed by atoms with Gasteiger partial charge in [0.05, 0.1) is 16.4 Å². The molecule has 0 amide bonds. The maximum absolute atomic E-state index is 13.2. The molecule has 2 heterocycles. The molecule has 0 radical (unpaired) electrons. The third-order valence-electron chi connectivity index (χ3n) is 5.95. The summed E-state index contributed by atoms with van der Waals surface area (Å²) in [5, 5.41) is 11.7. The first-order valence-corrected chi connectivity index (χ1v) is 10.5.